The molecule has 0 aromatic carbocycles. The van der Waals surface area contributed by atoms with E-state index in [0.717, 1.165) is 12.1 Å². The molecule has 0 spiro atoms. The van der Waals surface area contributed by atoms with Crippen molar-refractivity contribution in [1.82, 2.24) is 10.3 Å². The molecule has 2 rings (SSSR count). The van der Waals surface area contributed by atoms with Gasteiger partial charge in [-0.25, -0.2) is 0 Å². The quantitative estimate of drug-likeness (QED) is 0.895. The van der Waals surface area contributed by atoms with Gasteiger partial charge in [0, 0.05) is 11.1 Å². The van der Waals surface area contributed by atoms with Crippen molar-refractivity contribution >= 4 is 11.3 Å². The number of rotatable bonds is 4. The van der Waals surface area contributed by atoms with Crippen LogP contribution in [0.15, 0.2) is 29.8 Å². The van der Waals surface area contributed by atoms with E-state index in [1.807, 2.05) is 19.3 Å². The van der Waals surface area contributed by atoms with Crippen molar-refractivity contribution in [2.45, 2.75) is 26.3 Å². The van der Waals surface area contributed by atoms with Gasteiger partial charge in [-0.1, -0.05) is 13.0 Å². The van der Waals surface area contributed by atoms with E-state index < -0.39 is 0 Å². The zero-order valence-corrected chi connectivity index (χ0v) is 11.3. The first-order valence-electron chi connectivity index (χ1n) is 5.92. The molecule has 90 valence electrons. The lowest BCUT2D eigenvalue weighted by Crippen LogP contribution is -2.19. The summed E-state index contributed by atoms with van der Waals surface area (Å²) in [5, 5.41) is 5.58. The first-order chi connectivity index (χ1) is 8.26. The summed E-state index contributed by atoms with van der Waals surface area (Å²) in [6, 6.07) is 6.61. The highest BCUT2D eigenvalue weighted by Crippen LogP contribution is 2.26. The third-order valence-electron chi connectivity index (χ3n) is 2.95. The molecule has 0 fully saturated rings. The maximum Gasteiger partial charge on any atom is 0.0759 e. The van der Waals surface area contributed by atoms with Gasteiger partial charge in [0.15, 0.2) is 0 Å². The van der Waals surface area contributed by atoms with Crippen molar-refractivity contribution in [3.8, 4) is 0 Å². The van der Waals surface area contributed by atoms with Gasteiger partial charge in [0.1, 0.15) is 0 Å². The lowest BCUT2D eigenvalue weighted by atomic mass is 10.0. The summed E-state index contributed by atoms with van der Waals surface area (Å²) in [5.74, 6) is 0. The largest absolute Gasteiger partial charge is 0.308 e. The summed E-state index contributed by atoms with van der Waals surface area (Å²) in [6.07, 6.45) is 2.89. The predicted octanol–water partition coefficient (Wildman–Crippen LogP) is 3.32. The number of pyridine rings is 1. The van der Waals surface area contributed by atoms with Gasteiger partial charge in [0.05, 0.1) is 11.7 Å². The number of nitrogens with one attached hydrogen (secondary N) is 1. The molecule has 2 heterocycles. The molecule has 17 heavy (non-hydrogen) atoms. The molecule has 2 nitrogen and oxygen atoms in total. The molecule has 0 aliphatic rings. The summed E-state index contributed by atoms with van der Waals surface area (Å²) in [7, 11) is 1.99. The fourth-order valence-electron chi connectivity index (χ4n) is 2.09. The second-order valence-electron chi connectivity index (χ2n) is 4.11. The summed E-state index contributed by atoms with van der Waals surface area (Å²) in [6.45, 7) is 4.31. The minimum Gasteiger partial charge on any atom is -0.308 e. The van der Waals surface area contributed by atoms with Crippen LogP contribution in [-0.2, 0) is 6.42 Å². The Morgan fingerprint density at radius 3 is 2.88 bits per heavy atom. The number of thiophene rings is 1. The van der Waals surface area contributed by atoms with E-state index in [0.29, 0.717) is 0 Å². The summed E-state index contributed by atoms with van der Waals surface area (Å²) in [5.41, 5.74) is 3.77. The molecule has 3 heteroatoms. The van der Waals surface area contributed by atoms with Gasteiger partial charge in [-0.05, 0) is 49.0 Å². The number of hydrogen-bond acceptors (Lipinski definition) is 3. The third kappa shape index (κ3) is 2.56. The van der Waals surface area contributed by atoms with Crippen LogP contribution in [0.1, 0.15) is 34.7 Å². The summed E-state index contributed by atoms with van der Waals surface area (Å²) >= 11 is 1.79. The Morgan fingerprint density at radius 1 is 1.47 bits per heavy atom. The van der Waals surface area contributed by atoms with E-state index in [1.54, 1.807) is 11.3 Å². The molecule has 0 radical (unpaired) electrons. The third-order valence-corrected chi connectivity index (χ3v) is 3.83. The maximum absolute atomic E-state index is 4.55. The first-order valence-corrected chi connectivity index (χ1v) is 6.80. The molecule has 0 saturated carbocycles. The highest BCUT2D eigenvalue weighted by molar-refractivity contribution is 7.10. The van der Waals surface area contributed by atoms with Crippen LogP contribution in [0, 0.1) is 6.92 Å². The van der Waals surface area contributed by atoms with E-state index in [4.69, 9.17) is 0 Å². The van der Waals surface area contributed by atoms with Gasteiger partial charge in [0.2, 0.25) is 0 Å². The summed E-state index contributed by atoms with van der Waals surface area (Å²) < 4.78 is 0. The Bertz CT molecular complexity index is 490. The van der Waals surface area contributed by atoms with E-state index in [1.165, 1.54) is 16.0 Å². The molecule has 0 aliphatic heterocycles. The van der Waals surface area contributed by atoms with Crippen LogP contribution in [-0.4, -0.2) is 12.0 Å². The summed E-state index contributed by atoms with van der Waals surface area (Å²) in [4.78, 5) is 5.89. The van der Waals surface area contributed by atoms with Crippen molar-refractivity contribution < 1.29 is 0 Å². The first kappa shape index (κ1) is 12.3. The molecule has 0 saturated heterocycles. The van der Waals surface area contributed by atoms with Crippen molar-refractivity contribution in [2.24, 2.45) is 0 Å². The average Bonchev–Trinajstić information content (AvgIpc) is 2.77. The molecule has 2 aromatic rings. The Labute approximate surface area is 107 Å². The van der Waals surface area contributed by atoms with Crippen molar-refractivity contribution in [2.75, 3.05) is 7.05 Å². The zero-order chi connectivity index (χ0) is 12.3. The number of aromatic nitrogens is 1. The Kier molecular flexibility index (Phi) is 3.92. The molecule has 2 aromatic heterocycles. The van der Waals surface area contributed by atoms with Gasteiger partial charge in [-0.2, -0.15) is 0 Å². The highest BCUT2D eigenvalue weighted by Gasteiger charge is 2.17. The lowest BCUT2D eigenvalue weighted by Gasteiger charge is -2.17. The van der Waals surface area contributed by atoms with Gasteiger partial charge < -0.3 is 5.32 Å². The fraction of sp³-hybridized carbons (Fsp3) is 0.357. The molecular formula is C14H18N2S. The zero-order valence-electron chi connectivity index (χ0n) is 10.5. The topological polar surface area (TPSA) is 24.9 Å². The highest BCUT2D eigenvalue weighted by atomic mass is 32.1. The standard InChI is InChI=1S/C14H18N2S/c1-4-11-6-5-7-16-14(11)13(15-3)12-8-10(2)17-9-12/h5-9,13,15H,4H2,1-3H3. The van der Waals surface area contributed by atoms with Crippen molar-refractivity contribution in [3.05, 3.63) is 51.5 Å². The molecule has 1 atom stereocenters. The second-order valence-corrected chi connectivity index (χ2v) is 5.23. The number of nitrogens with zero attached hydrogens (tertiary/aromatic N) is 1. The molecular weight excluding hydrogens is 228 g/mol. The van der Waals surface area contributed by atoms with Crippen molar-refractivity contribution in [3.63, 3.8) is 0 Å². The Balaban J connectivity index is 2.41. The van der Waals surface area contributed by atoms with Crippen LogP contribution in [0.4, 0.5) is 0 Å². The van der Waals surface area contributed by atoms with E-state index >= 15 is 0 Å². The smallest absolute Gasteiger partial charge is 0.0759 e. The average molecular weight is 246 g/mol. The molecule has 0 aliphatic carbocycles. The minimum absolute atomic E-state index is 0.205. The van der Waals surface area contributed by atoms with E-state index in [-0.39, 0.29) is 6.04 Å². The predicted molar refractivity (Wildman–Crippen MR) is 73.6 cm³/mol. The monoisotopic (exact) mass is 246 g/mol. The van der Waals surface area contributed by atoms with Crippen LogP contribution in [0.25, 0.3) is 0 Å². The molecule has 1 N–H and O–H groups in total. The van der Waals surface area contributed by atoms with Crippen LogP contribution >= 0.6 is 11.3 Å². The Morgan fingerprint density at radius 2 is 2.29 bits per heavy atom. The number of hydrogen-bond donors (Lipinski definition) is 1. The van der Waals surface area contributed by atoms with Gasteiger partial charge in [-0.3, -0.25) is 4.98 Å². The van der Waals surface area contributed by atoms with E-state index in [9.17, 15) is 0 Å². The van der Waals surface area contributed by atoms with Crippen LogP contribution in [0.2, 0.25) is 0 Å². The van der Waals surface area contributed by atoms with Gasteiger partial charge in [0.25, 0.3) is 0 Å². The lowest BCUT2D eigenvalue weighted by molar-refractivity contribution is 0.664. The molecule has 1 unspecified atom stereocenters. The minimum atomic E-state index is 0.205. The fourth-order valence-corrected chi connectivity index (χ4v) is 2.82. The van der Waals surface area contributed by atoms with Gasteiger partial charge >= 0.3 is 0 Å². The maximum atomic E-state index is 4.55. The Hall–Kier alpha value is -1.19. The number of aryl methyl sites for hydroxylation is 2. The SMILES string of the molecule is CCc1cccnc1C(NC)c1csc(C)c1. The van der Waals surface area contributed by atoms with Crippen molar-refractivity contribution in [1.29, 1.82) is 0 Å². The van der Waals surface area contributed by atoms with Crippen LogP contribution in [0.5, 0.6) is 0 Å². The normalized spacial score (nSPS) is 12.6. The van der Waals surface area contributed by atoms with Crippen LogP contribution in [0.3, 0.4) is 0 Å². The molecule has 0 amide bonds. The van der Waals surface area contributed by atoms with E-state index in [2.05, 4.69) is 41.7 Å². The molecule has 0 bridgehead atoms. The van der Waals surface area contributed by atoms with Crippen LogP contribution < -0.4 is 5.32 Å². The van der Waals surface area contributed by atoms with Gasteiger partial charge in [-0.15, -0.1) is 11.3 Å². The second kappa shape index (κ2) is 5.43.